The SMILES string of the molecule is Cc1cc(N)cc(/C=C\C#N)c1. The van der Waals surface area contributed by atoms with E-state index in [0.29, 0.717) is 0 Å². The predicted octanol–water partition coefficient (Wildman–Crippen LogP) is 2.11. The van der Waals surface area contributed by atoms with E-state index in [1.165, 1.54) is 6.08 Å². The van der Waals surface area contributed by atoms with Crippen molar-refractivity contribution in [1.82, 2.24) is 0 Å². The van der Waals surface area contributed by atoms with Crippen LogP contribution in [0.3, 0.4) is 0 Å². The van der Waals surface area contributed by atoms with Crippen LogP contribution in [0, 0.1) is 18.3 Å². The van der Waals surface area contributed by atoms with E-state index in [-0.39, 0.29) is 0 Å². The molecule has 2 nitrogen and oxygen atoms in total. The number of nitrogens with zero attached hydrogens (tertiary/aromatic N) is 1. The number of hydrogen-bond donors (Lipinski definition) is 1. The summed E-state index contributed by atoms with van der Waals surface area (Å²) in [5.41, 5.74) is 8.41. The smallest absolute Gasteiger partial charge is 0.0912 e. The van der Waals surface area contributed by atoms with E-state index in [0.717, 1.165) is 16.8 Å². The monoisotopic (exact) mass is 158 g/mol. The quantitative estimate of drug-likeness (QED) is 0.502. The zero-order valence-electron chi connectivity index (χ0n) is 6.91. The van der Waals surface area contributed by atoms with Crippen LogP contribution in [0.15, 0.2) is 24.3 Å². The maximum atomic E-state index is 8.30. The number of hydrogen-bond acceptors (Lipinski definition) is 2. The van der Waals surface area contributed by atoms with Crippen molar-refractivity contribution in [2.45, 2.75) is 6.92 Å². The molecular weight excluding hydrogens is 148 g/mol. The largest absolute Gasteiger partial charge is 0.399 e. The number of anilines is 1. The molecule has 0 aliphatic carbocycles. The van der Waals surface area contributed by atoms with Gasteiger partial charge in [-0.05, 0) is 36.3 Å². The van der Waals surface area contributed by atoms with Gasteiger partial charge in [-0.2, -0.15) is 5.26 Å². The Bertz CT molecular complexity index is 325. The minimum Gasteiger partial charge on any atom is -0.399 e. The number of nitriles is 1. The first-order chi connectivity index (χ1) is 5.72. The highest BCUT2D eigenvalue weighted by atomic mass is 14.5. The second-order valence-electron chi connectivity index (χ2n) is 2.64. The molecule has 1 aromatic rings. The third kappa shape index (κ3) is 2.14. The molecule has 0 fully saturated rings. The molecule has 60 valence electrons. The molecule has 0 saturated carbocycles. The third-order valence-corrected chi connectivity index (χ3v) is 1.47. The number of aryl methyl sites for hydroxylation is 1. The van der Waals surface area contributed by atoms with Crippen molar-refractivity contribution in [3.63, 3.8) is 0 Å². The van der Waals surface area contributed by atoms with Crippen LogP contribution < -0.4 is 5.73 Å². The zero-order valence-corrected chi connectivity index (χ0v) is 6.91. The minimum atomic E-state index is 0.729. The Morgan fingerprint density at radius 3 is 2.75 bits per heavy atom. The Labute approximate surface area is 71.9 Å². The van der Waals surface area contributed by atoms with Crippen molar-refractivity contribution in [1.29, 1.82) is 5.26 Å². The van der Waals surface area contributed by atoms with Crippen molar-refractivity contribution in [2.24, 2.45) is 0 Å². The summed E-state index contributed by atoms with van der Waals surface area (Å²) in [6.45, 7) is 1.97. The van der Waals surface area contributed by atoms with Crippen LogP contribution in [-0.2, 0) is 0 Å². The average Bonchev–Trinajstić information content (AvgIpc) is 1.99. The molecule has 1 aromatic carbocycles. The molecule has 2 heteroatoms. The van der Waals surface area contributed by atoms with E-state index >= 15 is 0 Å². The van der Waals surface area contributed by atoms with Crippen LogP contribution in [-0.4, -0.2) is 0 Å². The van der Waals surface area contributed by atoms with Crippen molar-refractivity contribution in [3.8, 4) is 6.07 Å². The van der Waals surface area contributed by atoms with Crippen LogP contribution >= 0.6 is 0 Å². The molecule has 1 rings (SSSR count). The predicted molar refractivity (Wildman–Crippen MR) is 50.2 cm³/mol. The maximum Gasteiger partial charge on any atom is 0.0912 e. The van der Waals surface area contributed by atoms with E-state index in [1.54, 1.807) is 6.08 Å². The van der Waals surface area contributed by atoms with Gasteiger partial charge in [0.2, 0.25) is 0 Å². The Morgan fingerprint density at radius 1 is 1.42 bits per heavy atom. The highest BCUT2D eigenvalue weighted by molar-refractivity contribution is 5.58. The minimum absolute atomic E-state index is 0.729. The summed E-state index contributed by atoms with van der Waals surface area (Å²) in [4.78, 5) is 0. The molecule has 0 atom stereocenters. The molecule has 0 aromatic heterocycles. The Hall–Kier alpha value is -1.75. The van der Waals surface area contributed by atoms with E-state index in [2.05, 4.69) is 0 Å². The molecule has 0 amide bonds. The summed E-state index contributed by atoms with van der Waals surface area (Å²) in [7, 11) is 0. The fourth-order valence-corrected chi connectivity index (χ4v) is 1.07. The molecule has 0 heterocycles. The van der Waals surface area contributed by atoms with Gasteiger partial charge < -0.3 is 5.73 Å². The zero-order chi connectivity index (χ0) is 8.97. The van der Waals surface area contributed by atoms with Gasteiger partial charge in [0.1, 0.15) is 0 Å². The lowest BCUT2D eigenvalue weighted by Gasteiger charge is -1.98. The summed E-state index contributed by atoms with van der Waals surface area (Å²) in [6, 6.07) is 7.64. The first-order valence-electron chi connectivity index (χ1n) is 3.66. The van der Waals surface area contributed by atoms with Crippen LogP contribution in [0.4, 0.5) is 5.69 Å². The molecule has 0 aliphatic rings. The lowest BCUT2D eigenvalue weighted by Crippen LogP contribution is -1.86. The fraction of sp³-hybridized carbons (Fsp3) is 0.100. The van der Waals surface area contributed by atoms with Gasteiger partial charge in [-0.1, -0.05) is 6.07 Å². The molecule has 0 spiro atoms. The van der Waals surface area contributed by atoms with Crippen molar-refractivity contribution in [2.75, 3.05) is 5.73 Å². The number of nitrogens with two attached hydrogens (primary N) is 1. The average molecular weight is 158 g/mol. The third-order valence-electron chi connectivity index (χ3n) is 1.47. The van der Waals surface area contributed by atoms with E-state index in [9.17, 15) is 0 Å². The summed E-state index contributed by atoms with van der Waals surface area (Å²) >= 11 is 0. The number of benzene rings is 1. The Balaban J connectivity index is 3.03. The van der Waals surface area contributed by atoms with Crippen LogP contribution in [0.2, 0.25) is 0 Å². The Kier molecular flexibility index (Phi) is 2.49. The molecule has 0 radical (unpaired) electrons. The summed E-state index contributed by atoms with van der Waals surface area (Å²) in [5.74, 6) is 0. The van der Waals surface area contributed by atoms with Gasteiger partial charge in [0.25, 0.3) is 0 Å². The highest BCUT2D eigenvalue weighted by Crippen LogP contribution is 2.12. The van der Waals surface area contributed by atoms with Crippen molar-refractivity contribution < 1.29 is 0 Å². The van der Waals surface area contributed by atoms with Gasteiger partial charge in [-0.3, -0.25) is 0 Å². The second-order valence-corrected chi connectivity index (χ2v) is 2.64. The van der Waals surface area contributed by atoms with Gasteiger partial charge in [0.15, 0.2) is 0 Å². The van der Waals surface area contributed by atoms with E-state index in [4.69, 9.17) is 11.0 Å². The van der Waals surface area contributed by atoms with Crippen molar-refractivity contribution >= 4 is 11.8 Å². The van der Waals surface area contributed by atoms with Crippen LogP contribution in [0.5, 0.6) is 0 Å². The number of nitrogen functional groups attached to an aromatic ring is 1. The highest BCUT2D eigenvalue weighted by Gasteiger charge is 1.91. The van der Waals surface area contributed by atoms with Gasteiger partial charge in [0.05, 0.1) is 6.07 Å². The molecule has 0 saturated heterocycles. The standard InChI is InChI=1S/C10H10N2/c1-8-5-9(3-2-4-11)7-10(12)6-8/h2-3,5-7H,12H2,1H3/b3-2-. The van der Waals surface area contributed by atoms with E-state index in [1.807, 2.05) is 31.2 Å². The molecule has 0 bridgehead atoms. The second kappa shape index (κ2) is 3.59. The van der Waals surface area contributed by atoms with Gasteiger partial charge in [-0.25, -0.2) is 0 Å². The lowest BCUT2D eigenvalue weighted by atomic mass is 10.1. The lowest BCUT2D eigenvalue weighted by molar-refractivity contribution is 1.46. The molecule has 0 unspecified atom stereocenters. The first-order valence-corrected chi connectivity index (χ1v) is 3.66. The maximum absolute atomic E-state index is 8.30. The van der Waals surface area contributed by atoms with Crippen molar-refractivity contribution in [3.05, 3.63) is 35.4 Å². The number of allylic oxidation sites excluding steroid dienone is 1. The fourth-order valence-electron chi connectivity index (χ4n) is 1.07. The van der Waals surface area contributed by atoms with Gasteiger partial charge in [-0.15, -0.1) is 0 Å². The first kappa shape index (κ1) is 8.35. The normalized spacial score (nSPS) is 10.0. The van der Waals surface area contributed by atoms with Crippen LogP contribution in [0.25, 0.3) is 6.08 Å². The summed E-state index contributed by atoms with van der Waals surface area (Å²) in [6.07, 6.45) is 3.18. The summed E-state index contributed by atoms with van der Waals surface area (Å²) in [5, 5.41) is 8.30. The topological polar surface area (TPSA) is 49.8 Å². The molecule has 0 aliphatic heterocycles. The molecule has 12 heavy (non-hydrogen) atoms. The Morgan fingerprint density at radius 2 is 2.17 bits per heavy atom. The molecule has 2 N–H and O–H groups in total. The summed E-state index contributed by atoms with van der Waals surface area (Å²) < 4.78 is 0. The molecular formula is C10H10N2. The van der Waals surface area contributed by atoms with Gasteiger partial charge >= 0.3 is 0 Å². The van der Waals surface area contributed by atoms with E-state index < -0.39 is 0 Å². The van der Waals surface area contributed by atoms with Crippen LogP contribution in [0.1, 0.15) is 11.1 Å². The number of rotatable bonds is 1. The van der Waals surface area contributed by atoms with Gasteiger partial charge in [0, 0.05) is 11.8 Å².